The molecule has 4 aromatic carbocycles. The van der Waals surface area contributed by atoms with Crippen LogP contribution in [0.5, 0.6) is 23.0 Å². The molecule has 0 saturated carbocycles. The Kier molecular flexibility index (Phi) is 19.2. The first-order valence-electron chi connectivity index (χ1n) is 22.5. The fourth-order valence-electron chi connectivity index (χ4n) is 9.42. The molecule has 1 unspecified atom stereocenters. The molecule has 1 fully saturated rings. The third kappa shape index (κ3) is 13.0. The van der Waals surface area contributed by atoms with Crippen molar-refractivity contribution < 1.29 is 47.5 Å². The van der Waals surface area contributed by atoms with E-state index in [2.05, 4.69) is 65.8 Å². The molecule has 0 radical (unpaired) electrons. The molecule has 1 amide bonds. The van der Waals surface area contributed by atoms with Gasteiger partial charge in [0.05, 0.1) is 72.0 Å². The lowest BCUT2D eigenvalue weighted by Gasteiger charge is -2.53. The second kappa shape index (κ2) is 24.5. The van der Waals surface area contributed by atoms with E-state index < -0.39 is 32.7 Å². The standard InChI is InChI=1S/C51H71NO10Si/c1-36(2)63(37(3)4,38(5)6)62-48-33-52(51(53)54)44(31-39-17-11-10-12-18-39)50(61-34-40-21-26-46(57-9)47(32-40)60-30-15-27-55-7)49(48)41-22-24-43(25-23-41)59-29-16-28-58-35-42-19-13-14-20-45(42)56-8/h10-14,17-26,32,36-38,44,48-50H,15-16,27-31,33-35H2,1-9H3,(H,53,54)/t44?,48-,49+,50+/m1/s1. The second-order valence-electron chi connectivity index (χ2n) is 17.3. The number of benzene rings is 4. The molecule has 5 rings (SSSR count). The van der Waals surface area contributed by atoms with E-state index in [0.717, 1.165) is 46.6 Å². The minimum absolute atomic E-state index is 0.215. The van der Waals surface area contributed by atoms with Gasteiger partial charge >= 0.3 is 6.09 Å². The Balaban J connectivity index is 1.48. The second-order valence-corrected chi connectivity index (χ2v) is 22.7. The Labute approximate surface area is 377 Å². The van der Waals surface area contributed by atoms with Crippen LogP contribution in [-0.4, -0.2) is 97.0 Å². The maximum atomic E-state index is 13.5. The van der Waals surface area contributed by atoms with Crippen LogP contribution in [0.3, 0.4) is 0 Å². The topological polar surface area (TPSA) is 114 Å². The molecule has 0 aliphatic carbocycles. The monoisotopic (exact) mass is 885 g/mol. The van der Waals surface area contributed by atoms with Crippen molar-refractivity contribution in [1.82, 2.24) is 4.90 Å². The van der Waals surface area contributed by atoms with Crippen LogP contribution < -0.4 is 18.9 Å². The molecule has 12 heteroatoms. The lowest BCUT2D eigenvalue weighted by Crippen LogP contribution is -2.64. The van der Waals surface area contributed by atoms with Gasteiger partial charge in [0.2, 0.25) is 8.32 Å². The van der Waals surface area contributed by atoms with Crippen molar-refractivity contribution in [2.45, 2.75) is 115 Å². The molecular weight excluding hydrogens is 815 g/mol. The fourth-order valence-corrected chi connectivity index (χ4v) is 15.0. The molecule has 1 saturated heterocycles. The predicted molar refractivity (Wildman–Crippen MR) is 250 cm³/mol. The average molecular weight is 886 g/mol. The highest BCUT2D eigenvalue weighted by Gasteiger charge is 2.53. The quantitative estimate of drug-likeness (QED) is 0.0510. The van der Waals surface area contributed by atoms with Crippen LogP contribution in [0.1, 0.15) is 82.6 Å². The molecule has 0 bridgehead atoms. The lowest BCUT2D eigenvalue weighted by atomic mass is 9.78. The van der Waals surface area contributed by atoms with E-state index in [1.54, 1.807) is 26.2 Å². The Bertz CT molecular complexity index is 1940. The van der Waals surface area contributed by atoms with Crippen LogP contribution in [-0.2, 0) is 38.3 Å². The number of hydrogen-bond donors (Lipinski definition) is 1. The Morgan fingerprint density at radius 2 is 1.35 bits per heavy atom. The number of carboxylic acid groups (broad SMARTS) is 1. The molecule has 1 heterocycles. The van der Waals surface area contributed by atoms with Crippen LogP contribution in [0.4, 0.5) is 4.79 Å². The van der Waals surface area contributed by atoms with Gasteiger partial charge in [0, 0.05) is 38.0 Å². The minimum Gasteiger partial charge on any atom is -0.496 e. The molecule has 63 heavy (non-hydrogen) atoms. The number of nitrogens with zero attached hydrogens (tertiary/aromatic N) is 1. The number of methoxy groups -OCH3 is 3. The molecule has 344 valence electrons. The van der Waals surface area contributed by atoms with Gasteiger partial charge in [-0.3, -0.25) is 4.90 Å². The summed E-state index contributed by atoms with van der Waals surface area (Å²) in [4.78, 5) is 15.0. The number of para-hydroxylation sites is 1. The molecule has 1 aliphatic heterocycles. The summed E-state index contributed by atoms with van der Waals surface area (Å²) in [6, 6.07) is 31.4. The first-order chi connectivity index (χ1) is 30.4. The SMILES string of the molecule is COCCCOc1cc(CO[C@H]2C(Cc3ccccc3)N(C(=O)O)C[C@@H](O[Si](C(C)C)(C(C)C)C(C)C)[C@@H]2c2ccc(OCCCOCc3ccccc3OC)cc2)ccc1OC. The zero-order valence-electron chi connectivity index (χ0n) is 38.9. The van der Waals surface area contributed by atoms with E-state index >= 15 is 0 Å². The van der Waals surface area contributed by atoms with Crippen LogP contribution in [0.2, 0.25) is 16.6 Å². The number of likely N-dealkylation sites (tertiary alicyclic amines) is 1. The van der Waals surface area contributed by atoms with Gasteiger partial charge in [-0.25, -0.2) is 4.79 Å². The number of hydrogen-bond acceptors (Lipinski definition) is 9. The van der Waals surface area contributed by atoms with Gasteiger partial charge in [-0.15, -0.1) is 0 Å². The largest absolute Gasteiger partial charge is 0.496 e. The van der Waals surface area contributed by atoms with Crippen molar-refractivity contribution in [1.29, 1.82) is 0 Å². The number of ether oxygens (including phenoxy) is 7. The average Bonchev–Trinajstić information content (AvgIpc) is 3.28. The minimum atomic E-state index is -2.53. The summed E-state index contributed by atoms with van der Waals surface area (Å²) in [5.41, 5.74) is 4.79. The van der Waals surface area contributed by atoms with Crippen molar-refractivity contribution in [3.63, 3.8) is 0 Å². The van der Waals surface area contributed by atoms with E-state index in [-0.39, 0.29) is 35.7 Å². The van der Waals surface area contributed by atoms with Crippen molar-refractivity contribution in [2.75, 3.05) is 54.3 Å². The van der Waals surface area contributed by atoms with Crippen LogP contribution in [0.15, 0.2) is 97.1 Å². The van der Waals surface area contributed by atoms with Gasteiger partial charge in [0.25, 0.3) is 0 Å². The molecule has 4 aromatic rings. The number of amides is 1. The van der Waals surface area contributed by atoms with E-state index in [0.29, 0.717) is 51.0 Å². The normalized spacial score (nSPS) is 17.9. The highest BCUT2D eigenvalue weighted by molar-refractivity contribution is 6.77. The molecule has 4 atom stereocenters. The van der Waals surface area contributed by atoms with E-state index in [4.69, 9.17) is 37.6 Å². The lowest BCUT2D eigenvalue weighted by molar-refractivity contribution is -0.0946. The van der Waals surface area contributed by atoms with Crippen LogP contribution >= 0.6 is 0 Å². The summed E-state index contributed by atoms with van der Waals surface area (Å²) < 4.78 is 49.4. The van der Waals surface area contributed by atoms with E-state index in [1.807, 2.05) is 72.8 Å². The molecule has 0 spiro atoms. The Morgan fingerprint density at radius 3 is 2.00 bits per heavy atom. The number of rotatable bonds is 25. The molecule has 11 nitrogen and oxygen atoms in total. The predicted octanol–water partition coefficient (Wildman–Crippen LogP) is 10.9. The molecule has 1 N–H and O–H groups in total. The van der Waals surface area contributed by atoms with Gasteiger partial charge in [-0.05, 0) is 70.1 Å². The van der Waals surface area contributed by atoms with E-state index in [9.17, 15) is 9.90 Å². The first-order valence-corrected chi connectivity index (χ1v) is 24.6. The van der Waals surface area contributed by atoms with Gasteiger partial charge in [-0.1, -0.05) is 108 Å². The van der Waals surface area contributed by atoms with Crippen LogP contribution in [0, 0.1) is 0 Å². The highest BCUT2D eigenvalue weighted by Crippen LogP contribution is 2.47. The highest BCUT2D eigenvalue weighted by atomic mass is 28.4. The third-order valence-corrected chi connectivity index (χ3v) is 18.5. The Morgan fingerprint density at radius 1 is 0.698 bits per heavy atom. The van der Waals surface area contributed by atoms with Crippen molar-refractivity contribution in [3.8, 4) is 23.0 Å². The smallest absolute Gasteiger partial charge is 0.407 e. The van der Waals surface area contributed by atoms with Crippen molar-refractivity contribution in [3.05, 3.63) is 119 Å². The molecule has 0 aromatic heterocycles. The van der Waals surface area contributed by atoms with Crippen molar-refractivity contribution >= 4 is 14.4 Å². The van der Waals surface area contributed by atoms with Gasteiger partial charge in [0.15, 0.2) is 11.5 Å². The van der Waals surface area contributed by atoms with Gasteiger partial charge in [0.1, 0.15) is 11.5 Å². The molecule has 1 aliphatic rings. The summed E-state index contributed by atoms with van der Waals surface area (Å²) >= 11 is 0. The zero-order valence-corrected chi connectivity index (χ0v) is 39.9. The fraction of sp³-hybridized carbons (Fsp3) is 0.510. The zero-order chi connectivity index (χ0) is 45.4. The summed E-state index contributed by atoms with van der Waals surface area (Å²) in [5, 5.41) is 11.0. The van der Waals surface area contributed by atoms with Crippen LogP contribution in [0.25, 0.3) is 0 Å². The van der Waals surface area contributed by atoms with Gasteiger partial charge < -0.3 is 42.7 Å². The van der Waals surface area contributed by atoms with Crippen molar-refractivity contribution in [2.24, 2.45) is 0 Å². The summed E-state index contributed by atoms with van der Waals surface area (Å²) in [6.45, 7) is 16.6. The maximum Gasteiger partial charge on any atom is 0.407 e. The summed E-state index contributed by atoms with van der Waals surface area (Å²) in [5.74, 6) is 2.49. The number of piperidine rings is 1. The Hall–Kier alpha value is -4.59. The summed E-state index contributed by atoms with van der Waals surface area (Å²) in [6.07, 6.45) is -0.129. The van der Waals surface area contributed by atoms with Gasteiger partial charge in [-0.2, -0.15) is 0 Å². The first kappa shape index (κ1) is 49.4. The maximum absolute atomic E-state index is 13.5. The number of carbonyl (C=O) groups is 1. The molecular formula is C51H71NO10Si. The summed E-state index contributed by atoms with van der Waals surface area (Å²) in [7, 11) is 2.43. The van der Waals surface area contributed by atoms with E-state index in [1.165, 1.54) is 0 Å². The third-order valence-electron chi connectivity index (χ3n) is 12.3.